The van der Waals surface area contributed by atoms with Crippen LogP contribution in [0.15, 0.2) is 36.4 Å². The summed E-state index contributed by atoms with van der Waals surface area (Å²) >= 11 is 0. The van der Waals surface area contributed by atoms with Gasteiger partial charge in [-0.2, -0.15) is 0 Å². The van der Waals surface area contributed by atoms with E-state index in [9.17, 15) is 9.59 Å². The van der Waals surface area contributed by atoms with Gasteiger partial charge in [0, 0.05) is 11.4 Å². The highest BCUT2D eigenvalue weighted by Crippen LogP contribution is 2.21. The Bertz CT molecular complexity index is 996. The van der Waals surface area contributed by atoms with Crippen molar-refractivity contribution in [1.29, 1.82) is 0 Å². The van der Waals surface area contributed by atoms with Crippen molar-refractivity contribution in [2.24, 2.45) is 0 Å². The molecule has 0 aliphatic rings. The molecule has 2 rings (SSSR count). The number of aryl methyl sites for hydroxylation is 4. The summed E-state index contributed by atoms with van der Waals surface area (Å²) in [6.07, 6.45) is 6.70. The number of hydrogen-bond acceptors (Lipinski definition) is 3. The largest absolute Gasteiger partial charge is 0.324 e. The van der Waals surface area contributed by atoms with E-state index in [1.807, 2.05) is 64.1 Å². The van der Waals surface area contributed by atoms with E-state index in [0.29, 0.717) is 13.1 Å². The molecule has 1 atom stereocenters. The van der Waals surface area contributed by atoms with Crippen LogP contribution in [0.3, 0.4) is 0 Å². The first-order valence-corrected chi connectivity index (χ1v) is 14.5. The lowest BCUT2D eigenvalue weighted by atomic mass is 10.1. The highest BCUT2D eigenvalue weighted by Gasteiger charge is 2.28. The normalized spacial score (nSPS) is 12.7. The highest BCUT2D eigenvalue weighted by atomic mass is 16.2. The van der Waals surface area contributed by atoms with Crippen LogP contribution in [0.1, 0.15) is 74.6 Å². The molecule has 2 aromatic rings. The number of para-hydroxylation sites is 2. The Hall–Kier alpha value is -2.70. The first-order valence-electron chi connectivity index (χ1n) is 14.5. The van der Waals surface area contributed by atoms with Crippen LogP contribution in [0.4, 0.5) is 11.4 Å². The van der Waals surface area contributed by atoms with Crippen LogP contribution in [0, 0.1) is 27.7 Å². The van der Waals surface area contributed by atoms with Crippen molar-refractivity contribution in [1.82, 2.24) is 5.32 Å². The van der Waals surface area contributed by atoms with Crippen molar-refractivity contribution in [3.63, 3.8) is 0 Å². The van der Waals surface area contributed by atoms with E-state index >= 15 is 0 Å². The molecule has 38 heavy (non-hydrogen) atoms. The summed E-state index contributed by atoms with van der Waals surface area (Å²) in [4.78, 5) is 25.4. The Labute approximate surface area is 231 Å². The lowest BCUT2D eigenvalue weighted by Crippen LogP contribution is -2.53. The first kappa shape index (κ1) is 31.5. The Kier molecular flexibility index (Phi) is 13.5. The third kappa shape index (κ3) is 10.2. The van der Waals surface area contributed by atoms with Crippen LogP contribution in [-0.2, 0) is 9.59 Å². The third-order valence-corrected chi connectivity index (χ3v) is 7.65. The summed E-state index contributed by atoms with van der Waals surface area (Å²) in [5, 5.41) is 9.51. The second-order valence-corrected chi connectivity index (χ2v) is 10.8. The van der Waals surface area contributed by atoms with E-state index in [-0.39, 0.29) is 11.8 Å². The molecule has 0 heterocycles. The van der Waals surface area contributed by atoms with Gasteiger partial charge in [0.2, 0.25) is 5.91 Å². The quantitative estimate of drug-likeness (QED) is 0.169. The Morgan fingerprint density at radius 3 is 1.71 bits per heavy atom. The zero-order chi connectivity index (χ0) is 28.0. The summed E-state index contributed by atoms with van der Waals surface area (Å²) in [7, 11) is 0. The number of nitrogens with zero attached hydrogens (tertiary/aromatic N) is 1. The summed E-state index contributed by atoms with van der Waals surface area (Å²) in [6.45, 7) is 17.3. The second-order valence-electron chi connectivity index (χ2n) is 10.8. The average Bonchev–Trinajstić information content (AvgIpc) is 2.88. The molecular weight excluding hydrogens is 472 g/mol. The maximum Gasteiger partial charge on any atom is 0.279 e. The molecule has 0 aliphatic heterocycles. The molecular formula is C32H51N4O2+. The zero-order valence-electron chi connectivity index (χ0n) is 24.7. The number of anilines is 2. The molecule has 0 saturated heterocycles. The summed E-state index contributed by atoms with van der Waals surface area (Å²) in [5.74, 6) is 0.117. The fraction of sp³-hybridized carbons (Fsp3) is 0.562. The van der Waals surface area contributed by atoms with Crippen LogP contribution in [0.5, 0.6) is 0 Å². The predicted octanol–water partition coefficient (Wildman–Crippen LogP) is 6.28. The number of rotatable bonds is 17. The van der Waals surface area contributed by atoms with Crippen molar-refractivity contribution in [2.45, 2.75) is 80.1 Å². The molecule has 3 N–H and O–H groups in total. The van der Waals surface area contributed by atoms with Gasteiger partial charge in [-0.3, -0.25) is 9.59 Å². The van der Waals surface area contributed by atoms with E-state index in [1.54, 1.807) is 0 Å². The van der Waals surface area contributed by atoms with Gasteiger partial charge in [-0.05, 0) is 89.1 Å². The van der Waals surface area contributed by atoms with Gasteiger partial charge >= 0.3 is 0 Å². The molecule has 0 saturated carbocycles. The molecule has 0 aromatic heterocycles. The number of hydrogen-bond donors (Lipinski definition) is 3. The minimum absolute atomic E-state index is 0.00233. The maximum atomic E-state index is 13.1. The van der Waals surface area contributed by atoms with Crippen molar-refractivity contribution in [3.05, 3.63) is 58.7 Å². The van der Waals surface area contributed by atoms with Gasteiger partial charge in [-0.15, -0.1) is 0 Å². The molecule has 2 amide bonds. The van der Waals surface area contributed by atoms with E-state index < -0.39 is 0 Å². The third-order valence-electron chi connectivity index (χ3n) is 7.65. The van der Waals surface area contributed by atoms with Crippen LogP contribution >= 0.6 is 0 Å². The summed E-state index contributed by atoms with van der Waals surface area (Å²) in [6, 6.07) is 12.2. The van der Waals surface area contributed by atoms with Crippen molar-refractivity contribution >= 4 is 23.2 Å². The molecule has 0 spiro atoms. The SMILES string of the molecule is CCCC[N+](CC)(CCCCCCNCC(=O)Nc1c(C)cccc1C)CC(=O)Nc1c(C)cccc1C. The number of likely N-dealkylation sites (N-methyl/N-ethyl adjacent to an activating group) is 1. The Balaban J connectivity index is 1.74. The zero-order valence-corrected chi connectivity index (χ0v) is 24.7. The van der Waals surface area contributed by atoms with Crippen LogP contribution in [0.25, 0.3) is 0 Å². The summed E-state index contributed by atoms with van der Waals surface area (Å²) in [5.41, 5.74) is 6.26. The average molecular weight is 524 g/mol. The fourth-order valence-corrected chi connectivity index (χ4v) is 5.13. The van der Waals surface area contributed by atoms with E-state index in [1.165, 1.54) is 0 Å². The minimum atomic E-state index is 0.00233. The maximum absolute atomic E-state index is 13.1. The van der Waals surface area contributed by atoms with Crippen molar-refractivity contribution in [2.75, 3.05) is 49.9 Å². The number of quaternary nitrogens is 1. The highest BCUT2D eigenvalue weighted by molar-refractivity contribution is 5.94. The lowest BCUT2D eigenvalue weighted by Gasteiger charge is -2.37. The second kappa shape index (κ2) is 16.3. The standard InChI is InChI=1S/C32H50N4O2/c1-7-9-21-36(8-2,24-30(38)35-32-27(5)18-15-19-28(32)6)22-13-11-10-12-20-33-23-29(37)34-31-25(3)16-14-17-26(31)4/h14-19,33H,7-13,20-24H2,1-6H3,(H-,34,35,37,38)/p+1. The monoisotopic (exact) mass is 523 g/mol. The molecule has 0 radical (unpaired) electrons. The van der Waals surface area contributed by atoms with Gasteiger partial charge in [-0.1, -0.05) is 56.2 Å². The molecule has 6 nitrogen and oxygen atoms in total. The number of carbonyl (C=O) groups is 2. The van der Waals surface area contributed by atoms with Crippen LogP contribution in [0.2, 0.25) is 0 Å². The minimum Gasteiger partial charge on any atom is -0.324 e. The van der Waals surface area contributed by atoms with Gasteiger partial charge in [0.05, 0.1) is 26.2 Å². The van der Waals surface area contributed by atoms with Crippen molar-refractivity contribution < 1.29 is 14.1 Å². The van der Waals surface area contributed by atoms with E-state index in [0.717, 1.165) is 103 Å². The van der Waals surface area contributed by atoms with Crippen molar-refractivity contribution in [3.8, 4) is 0 Å². The van der Waals surface area contributed by atoms with E-state index in [2.05, 4.69) is 29.8 Å². The molecule has 6 heteroatoms. The number of carbonyl (C=O) groups excluding carboxylic acids is 2. The lowest BCUT2D eigenvalue weighted by molar-refractivity contribution is -0.919. The van der Waals surface area contributed by atoms with E-state index in [4.69, 9.17) is 0 Å². The van der Waals surface area contributed by atoms with Gasteiger partial charge in [0.1, 0.15) is 0 Å². The number of unbranched alkanes of at least 4 members (excludes halogenated alkanes) is 4. The molecule has 2 aromatic carbocycles. The molecule has 0 bridgehead atoms. The molecule has 210 valence electrons. The molecule has 0 fully saturated rings. The Morgan fingerprint density at radius 1 is 0.684 bits per heavy atom. The van der Waals surface area contributed by atoms with Crippen LogP contribution < -0.4 is 16.0 Å². The topological polar surface area (TPSA) is 70.2 Å². The smallest absolute Gasteiger partial charge is 0.279 e. The van der Waals surface area contributed by atoms with Gasteiger partial charge in [0.25, 0.3) is 5.91 Å². The van der Waals surface area contributed by atoms with Crippen LogP contribution in [-0.4, -0.2) is 55.6 Å². The van der Waals surface area contributed by atoms with Gasteiger partial charge < -0.3 is 20.4 Å². The van der Waals surface area contributed by atoms with Gasteiger partial charge in [0.15, 0.2) is 6.54 Å². The number of nitrogens with one attached hydrogen (secondary N) is 3. The first-order chi connectivity index (χ1) is 18.2. The summed E-state index contributed by atoms with van der Waals surface area (Å²) < 4.78 is 0.849. The Morgan fingerprint density at radius 2 is 1.18 bits per heavy atom. The molecule has 0 aliphatic carbocycles. The fourth-order valence-electron chi connectivity index (χ4n) is 5.13. The van der Waals surface area contributed by atoms with Gasteiger partial charge in [-0.25, -0.2) is 0 Å². The number of amides is 2. The number of benzene rings is 2. The predicted molar refractivity (Wildman–Crippen MR) is 161 cm³/mol. The molecule has 1 unspecified atom stereocenters.